The molecule has 2 saturated heterocycles. The van der Waals surface area contributed by atoms with Crippen LogP contribution < -0.4 is 0 Å². The van der Waals surface area contributed by atoms with E-state index in [4.69, 9.17) is 4.74 Å². The zero-order valence-corrected chi connectivity index (χ0v) is 18.7. The number of likely N-dealkylation sites (tertiary alicyclic amines) is 1. The fourth-order valence-electron chi connectivity index (χ4n) is 4.53. The van der Waals surface area contributed by atoms with E-state index in [1.165, 1.54) is 5.56 Å². The fourth-order valence-corrected chi connectivity index (χ4v) is 4.53. The van der Waals surface area contributed by atoms with Crippen LogP contribution in [0.15, 0.2) is 54.6 Å². The van der Waals surface area contributed by atoms with Gasteiger partial charge in [-0.15, -0.1) is 0 Å². The first kappa shape index (κ1) is 22.4. The van der Waals surface area contributed by atoms with E-state index in [-0.39, 0.29) is 5.78 Å². The topological polar surface area (TPSA) is 66.9 Å². The van der Waals surface area contributed by atoms with E-state index in [0.717, 1.165) is 18.7 Å². The molecule has 0 bridgehead atoms. The standard InChI is InChI=1S/C26H30N2O4/c1-18(2)19-8-10-20(11-9-19)23-22(24(29)21-6-4-3-5-7-21)25(30)26(31)28(23)13-12-27-14-16-32-17-15-27/h3-11,18,22-23H,12-17H2,1-2H3. The second-order valence-corrected chi connectivity index (χ2v) is 8.79. The van der Waals surface area contributed by atoms with Gasteiger partial charge in [0.1, 0.15) is 5.92 Å². The number of amides is 1. The number of carbonyl (C=O) groups excluding carboxylic acids is 3. The van der Waals surface area contributed by atoms with E-state index in [1.54, 1.807) is 29.2 Å². The highest BCUT2D eigenvalue weighted by molar-refractivity contribution is 6.44. The van der Waals surface area contributed by atoms with Gasteiger partial charge in [0.25, 0.3) is 5.91 Å². The number of Topliss-reactive ketones (excluding diaryl/α,β-unsaturated/α-hetero) is 2. The van der Waals surface area contributed by atoms with Gasteiger partial charge in [0.15, 0.2) is 5.78 Å². The number of benzene rings is 2. The van der Waals surface area contributed by atoms with Gasteiger partial charge in [-0.2, -0.15) is 0 Å². The molecule has 4 rings (SSSR count). The van der Waals surface area contributed by atoms with Crippen LogP contribution in [0.3, 0.4) is 0 Å². The summed E-state index contributed by atoms with van der Waals surface area (Å²) < 4.78 is 5.41. The number of ether oxygens (including phenoxy) is 1. The smallest absolute Gasteiger partial charge is 0.291 e. The van der Waals surface area contributed by atoms with Gasteiger partial charge in [-0.1, -0.05) is 68.4 Å². The second-order valence-electron chi connectivity index (χ2n) is 8.79. The van der Waals surface area contributed by atoms with Gasteiger partial charge in [0.2, 0.25) is 5.78 Å². The lowest BCUT2D eigenvalue weighted by Gasteiger charge is -2.32. The van der Waals surface area contributed by atoms with Crippen LogP contribution >= 0.6 is 0 Å². The van der Waals surface area contributed by atoms with Crippen LogP contribution in [0, 0.1) is 5.92 Å². The monoisotopic (exact) mass is 434 g/mol. The highest BCUT2D eigenvalue weighted by atomic mass is 16.5. The summed E-state index contributed by atoms with van der Waals surface area (Å²) in [5, 5.41) is 0. The first-order valence-corrected chi connectivity index (χ1v) is 11.3. The molecule has 0 radical (unpaired) electrons. The maximum Gasteiger partial charge on any atom is 0.291 e. The van der Waals surface area contributed by atoms with Crippen LogP contribution in [-0.2, 0) is 14.3 Å². The van der Waals surface area contributed by atoms with Crippen molar-refractivity contribution in [1.82, 2.24) is 9.80 Å². The molecule has 2 aliphatic heterocycles. The van der Waals surface area contributed by atoms with Gasteiger partial charge >= 0.3 is 0 Å². The molecule has 6 heteroatoms. The zero-order valence-electron chi connectivity index (χ0n) is 18.7. The van der Waals surface area contributed by atoms with Crippen molar-refractivity contribution in [2.24, 2.45) is 5.92 Å². The summed E-state index contributed by atoms with van der Waals surface area (Å²) in [7, 11) is 0. The van der Waals surface area contributed by atoms with E-state index < -0.39 is 23.7 Å². The number of hydrogen-bond acceptors (Lipinski definition) is 5. The molecule has 1 amide bonds. The molecule has 0 aromatic heterocycles. The van der Waals surface area contributed by atoms with Crippen LogP contribution in [0.4, 0.5) is 0 Å². The molecule has 2 heterocycles. The number of rotatable bonds is 7. The highest BCUT2D eigenvalue weighted by Gasteiger charge is 2.51. The predicted octanol–water partition coefficient (Wildman–Crippen LogP) is 3.09. The van der Waals surface area contributed by atoms with Crippen LogP contribution in [0.5, 0.6) is 0 Å². The quantitative estimate of drug-likeness (QED) is 0.381. The lowest BCUT2D eigenvalue weighted by atomic mass is 9.85. The van der Waals surface area contributed by atoms with E-state index in [0.29, 0.717) is 37.8 Å². The van der Waals surface area contributed by atoms with E-state index in [9.17, 15) is 14.4 Å². The molecule has 0 aliphatic carbocycles. The lowest BCUT2D eigenvalue weighted by Crippen LogP contribution is -2.42. The molecule has 32 heavy (non-hydrogen) atoms. The molecule has 2 aromatic rings. The van der Waals surface area contributed by atoms with Crippen molar-refractivity contribution in [2.75, 3.05) is 39.4 Å². The fraction of sp³-hybridized carbons (Fsp3) is 0.423. The molecular weight excluding hydrogens is 404 g/mol. The van der Waals surface area contributed by atoms with Crippen molar-refractivity contribution < 1.29 is 19.1 Å². The summed E-state index contributed by atoms with van der Waals surface area (Å²) >= 11 is 0. The lowest BCUT2D eigenvalue weighted by molar-refractivity contribution is -0.141. The van der Waals surface area contributed by atoms with Gasteiger partial charge in [-0.3, -0.25) is 19.3 Å². The molecular formula is C26H30N2O4. The molecule has 2 atom stereocenters. The minimum Gasteiger partial charge on any atom is -0.379 e. The Labute approximate surface area is 189 Å². The summed E-state index contributed by atoms with van der Waals surface area (Å²) in [5.74, 6) is -2.13. The summed E-state index contributed by atoms with van der Waals surface area (Å²) in [6, 6.07) is 16.2. The van der Waals surface area contributed by atoms with E-state index >= 15 is 0 Å². The molecule has 6 nitrogen and oxygen atoms in total. The number of morpholine rings is 1. The van der Waals surface area contributed by atoms with Gasteiger partial charge in [-0.05, 0) is 17.0 Å². The van der Waals surface area contributed by atoms with Crippen LogP contribution in [-0.4, -0.2) is 66.7 Å². The first-order valence-electron chi connectivity index (χ1n) is 11.3. The van der Waals surface area contributed by atoms with Crippen LogP contribution in [0.25, 0.3) is 0 Å². The molecule has 2 fully saturated rings. The molecule has 2 aliphatic rings. The Morgan fingerprint density at radius 3 is 2.25 bits per heavy atom. The van der Waals surface area contributed by atoms with E-state index in [2.05, 4.69) is 18.7 Å². The zero-order chi connectivity index (χ0) is 22.7. The van der Waals surface area contributed by atoms with Crippen molar-refractivity contribution in [2.45, 2.75) is 25.8 Å². The highest BCUT2D eigenvalue weighted by Crippen LogP contribution is 2.38. The Morgan fingerprint density at radius 2 is 1.62 bits per heavy atom. The van der Waals surface area contributed by atoms with E-state index in [1.807, 2.05) is 30.3 Å². The third kappa shape index (κ3) is 4.52. The van der Waals surface area contributed by atoms with Gasteiger partial charge in [0.05, 0.1) is 19.3 Å². The minimum atomic E-state index is -1.03. The summed E-state index contributed by atoms with van der Waals surface area (Å²) in [6.07, 6.45) is 0. The number of carbonyl (C=O) groups is 3. The Bertz CT molecular complexity index is 965. The average Bonchev–Trinajstić information content (AvgIpc) is 3.08. The van der Waals surface area contributed by atoms with Crippen LogP contribution in [0.1, 0.15) is 47.3 Å². The van der Waals surface area contributed by atoms with Crippen LogP contribution in [0.2, 0.25) is 0 Å². The Balaban J connectivity index is 1.66. The summed E-state index contributed by atoms with van der Waals surface area (Å²) in [5.41, 5.74) is 2.46. The molecule has 2 unspecified atom stereocenters. The molecule has 0 saturated carbocycles. The Kier molecular flexibility index (Phi) is 6.82. The molecule has 168 valence electrons. The molecule has 0 spiro atoms. The Hall–Kier alpha value is -2.83. The second kappa shape index (κ2) is 9.76. The average molecular weight is 435 g/mol. The van der Waals surface area contributed by atoms with Gasteiger partial charge in [0, 0.05) is 31.7 Å². The predicted molar refractivity (Wildman–Crippen MR) is 122 cm³/mol. The summed E-state index contributed by atoms with van der Waals surface area (Å²) in [6.45, 7) is 8.23. The van der Waals surface area contributed by atoms with Gasteiger partial charge < -0.3 is 9.64 Å². The van der Waals surface area contributed by atoms with Crippen molar-refractivity contribution >= 4 is 17.5 Å². The third-order valence-electron chi connectivity index (χ3n) is 6.45. The van der Waals surface area contributed by atoms with Crippen molar-refractivity contribution in [3.05, 3.63) is 71.3 Å². The van der Waals surface area contributed by atoms with Gasteiger partial charge in [-0.25, -0.2) is 0 Å². The minimum absolute atomic E-state index is 0.296. The number of nitrogens with zero attached hydrogens (tertiary/aromatic N) is 2. The molecule has 0 N–H and O–H groups in total. The van der Waals surface area contributed by atoms with Crippen molar-refractivity contribution in [3.8, 4) is 0 Å². The summed E-state index contributed by atoms with van der Waals surface area (Å²) in [4.78, 5) is 43.4. The first-order chi connectivity index (χ1) is 15.5. The molecule has 2 aromatic carbocycles. The number of ketones is 2. The normalized spacial score (nSPS) is 22.0. The Morgan fingerprint density at radius 1 is 0.969 bits per heavy atom. The van der Waals surface area contributed by atoms with Crippen molar-refractivity contribution in [3.63, 3.8) is 0 Å². The maximum absolute atomic E-state index is 13.4. The van der Waals surface area contributed by atoms with Crippen molar-refractivity contribution in [1.29, 1.82) is 0 Å². The third-order valence-corrected chi connectivity index (χ3v) is 6.45. The SMILES string of the molecule is CC(C)c1ccc(C2C(C(=O)c3ccccc3)C(=O)C(=O)N2CCN2CCOCC2)cc1. The largest absolute Gasteiger partial charge is 0.379 e. The number of hydrogen-bond donors (Lipinski definition) is 0. The maximum atomic E-state index is 13.4.